The molecule has 2 N–H and O–H groups in total. The molecule has 0 atom stereocenters. The molecule has 1 heterocycles. The normalized spacial score (nSPS) is 10.6. The molecule has 0 aliphatic rings. The van der Waals surface area contributed by atoms with E-state index in [2.05, 4.69) is 20.7 Å². The van der Waals surface area contributed by atoms with Crippen LogP contribution in [0.25, 0.3) is 0 Å². The van der Waals surface area contributed by atoms with Crippen LogP contribution in [-0.4, -0.2) is 14.9 Å². The van der Waals surface area contributed by atoms with E-state index in [0.717, 1.165) is 22.5 Å². The van der Waals surface area contributed by atoms with E-state index in [1.165, 1.54) is 6.33 Å². The second-order valence-corrected chi connectivity index (χ2v) is 8.19. The molecule has 0 amide bonds. The largest absolute Gasteiger partial charge is 0.354 e. The molecular weight excluding hydrogens is 464 g/mol. The number of aromatic nitrogens is 2. The molecule has 0 radical (unpaired) electrons. The summed E-state index contributed by atoms with van der Waals surface area (Å²) in [5.41, 5.74) is 6.39. The molecule has 1 aromatic heterocycles. The average molecular weight is 489 g/mol. The van der Waals surface area contributed by atoms with Crippen molar-refractivity contribution in [2.24, 2.45) is 0 Å². The first-order chi connectivity index (χ1) is 18.2. The highest BCUT2D eigenvalue weighted by Crippen LogP contribution is 2.35. The van der Waals surface area contributed by atoms with Gasteiger partial charge in [0.2, 0.25) is 11.6 Å². The van der Waals surface area contributed by atoms with E-state index in [1.54, 1.807) is 5.01 Å². The van der Waals surface area contributed by atoms with Crippen molar-refractivity contribution in [3.8, 4) is 0 Å². The monoisotopic (exact) mass is 488 g/mol. The molecule has 0 bridgehead atoms. The number of para-hydroxylation sites is 2. The molecule has 8 nitrogen and oxygen atoms in total. The molecule has 8 heteroatoms. The van der Waals surface area contributed by atoms with Crippen molar-refractivity contribution < 1.29 is 4.92 Å². The van der Waals surface area contributed by atoms with Gasteiger partial charge in [0.05, 0.1) is 22.3 Å². The van der Waals surface area contributed by atoms with Crippen molar-refractivity contribution in [2.75, 3.05) is 15.8 Å². The van der Waals surface area contributed by atoms with Gasteiger partial charge in [-0.1, -0.05) is 97.1 Å². The molecule has 37 heavy (non-hydrogen) atoms. The fourth-order valence-corrected chi connectivity index (χ4v) is 4.06. The lowest BCUT2D eigenvalue weighted by Gasteiger charge is -2.26. The van der Waals surface area contributed by atoms with E-state index < -0.39 is 4.92 Å². The number of benzene rings is 4. The summed E-state index contributed by atoms with van der Waals surface area (Å²) in [5.74, 6) is 0.177. The summed E-state index contributed by atoms with van der Waals surface area (Å²) in [5, 5.41) is 17.4. The van der Waals surface area contributed by atoms with Gasteiger partial charge in [0.15, 0.2) is 0 Å². The van der Waals surface area contributed by atoms with E-state index in [1.807, 2.05) is 121 Å². The molecule has 182 valence electrons. The molecule has 0 aliphatic heterocycles. The maximum absolute atomic E-state index is 12.4. The van der Waals surface area contributed by atoms with E-state index in [-0.39, 0.29) is 23.4 Å². The predicted molar refractivity (Wildman–Crippen MR) is 146 cm³/mol. The van der Waals surface area contributed by atoms with Crippen LogP contribution >= 0.6 is 0 Å². The number of rotatable bonds is 9. The molecule has 0 saturated heterocycles. The Morgan fingerprint density at radius 3 is 1.54 bits per heavy atom. The van der Waals surface area contributed by atoms with Crippen molar-refractivity contribution in [1.29, 1.82) is 0 Å². The third kappa shape index (κ3) is 5.38. The van der Waals surface area contributed by atoms with Crippen molar-refractivity contribution in [1.82, 2.24) is 9.97 Å². The summed E-state index contributed by atoms with van der Waals surface area (Å²) in [6.45, 7) is 0. The van der Waals surface area contributed by atoms with Crippen LogP contribution in [0.5, 0.6) is 0 Å². The summed E-state index contributed by atoms with van der Waals surface area (Å²) in [7, 11) is 0. The lowest BCUT2D eigenvalue weighted by Crippen LogP contribution is -2.26. The molecule has 4 aromatic carbocycles. The number of hydrogen-bond donors (Lipinski definition) is 2. The van der Waals surface area contributed by atoms with Gasteiger partial charge in [-0.3, -0.25) is 20.5 Å². The van der Waals surface area contributed by atoms with Crippen LogP contribution in [0, 0.1) is 10.1 Å². The van der Waals surface area contributed by atoms with Gasteiger partial charge < -0.3 is 5.32 Å². The summed E-state index contributed by atoms with van der Waals surface area (Å²) in [4.78, 5) is 20.5. The first-order valence-corrected chi connectivity index (χ1v) is 11.7. The SMILES string of the molecule is O=[N+]([O-])c1c(NC(c2ccccc2)c2ccccc2)ncnc1NN(c1ccccc1)c1ccccc1. The van der Waals surface area contributed by atoms with E-state index in [0.29, 0.717) is 0 Å². The van der Waals surface area contributed by atoms with Gasteiger partial charge in [-0.15, -0.1) is 0 Å². The quantitative estimate of drug-likeness (QED) is 0.175. The van der Waals surface area contributed by atoms with E-state index >= 15 is 0 Å². The Morgan fingerprint density at radius 1 is 0.649 bits per heavy atom. The molecule has 0 aliphatic carbocycles. The molecule has 0 unspecified atom stereocenters. The minimum Gasteiger partial charge on any atom is -0.353 e. The molecule has 0 spiro atoms. The van der Waals surface area contributed by atoms with Crippen LogP contribution in [0.2, 0.25) is 0 Å². The Hall–Kier alpha value is -5.24. The minimum atomic E-state index is -0.466. The minimum absolute atomic E-state index is 0.0649. The highest BCUT2D eigenvalue weighted by atomic mass is 16.6. The number of nitro groups is 1. The Balaban J connectivity index is 1.56. The van der Waals surface area contributed by atoms with E-state index in [4.69, 9.17) is 0 Å². The smallest absolute Gasteiger partial charge is 0.353 e. The topological polar surface area (TPSA) is 96.2 Å². The van der Waals surface area contributed by atoms with Crippen molar-refractivity contribution in [3.05, 3.63) is 149 Å². The predicted octanol–water partition coefficient (Wildman–Crippen LogP) is 6.75. The van der Waals surface area contributed by atoms with Gasteiger partial charge >= 0.3 is 5.69 Å². The zero-order valence-corrected chi connectivity index (χ0v) is 19.8. The molecule has 5 aromatic rings. The van der Waals surface area contributed by atoms with E-state index in [9.17, 15) is 10.1 Å². The number of hydrazine groups is 1. The molecule has 0 saturated carbocycles. The maximum atomic E-state index is 12.4. The van der Waals surface area contributed by atoms with Crippen molar-refractivity contribution in [2.45, 2.75) is 6.04 Å². The summed E-state index contributed by atoms with van der Waals surface area (Å²) in [6.07, 6.45) is 1.32. The summed E-state index contributed by atoms with van der Waals surface area (Å²) < 4.78 is 0. The second-order valence-electron chi connectivity index (χ2n) is 8.19. The summed E-state index contributed by atoms with van der Waals surface area (Å²) in [6, 6.07) is 38.2. The zero-order valence-electron chi connectivity index (χ0n) is 19.8. The standard InChI is InChI=1S/C29H24N6O2/c36-35(37)27-28(32-26(22-13-5-1-6-14-22)23-15-7-2-8-16-23)30-21-31-29(27)33-34(24-17-9-3-10-18-24)25-19-11-4-12-20-25/h1-21,26H,(H2,30,31,32,33). The van der Waals surface area contributed by atoms with Crippen LogP contribution in [-0.2, 0) is 0 Å². The van der Waals surface area contributed by atoms with Gasteiger partial charge in [-0.25, -0.2) is 9.97 Å². The third-order valence-electron chi connectivity index (χ3n) is 5.80. The fourth-order valence-electron chi connectivity index (χ4n) is 4.06. The molecule has 0 fully saturated rings. The summed E-state index contributed by atoms with van der Waals surface area (Å²) >= 11 is 0. The highest BCUT2D eigenvalue weighted by Gasteiger charge is 2.27. The number of nitrogens with zero attached hydrogens (tertiary/aromatic N) is 4. The van der Waals surface area contributed by atoms with Crippen LogP contribution in [0.4, 0.5) is 28.7 Å². The Labute approximate surface area is 214 Å². The van der Waals surface area contributed by atoms with Gasteiger partial charge in [0.25, 0.3) is 0 Å². The maximum Gasteiger partial charge on any atom is 0.354 e. The lowest BCUT2D eigenvalue weighted by molar-refractivity contribution is -0.383. The van der Waals surface area contributed by atoms with Crippen molar-refractivity contribution in [3.63, 3.8) is 0 Å². The average Bonchev–Trinajstić information content (AvgIpc) is 2.96. The Morgan fingerprint density at radius 2 is 1.08 bits per heavy atom. The number of nitrogens with one attached hydrogen (secondary N) is 2. The van der Waals surface area contributed by atoms with Gasteiger partial charge in [-0.2, -0.15) is 0 Å². The first kappa shape index (κ1) is 23.5. The zero-order chi connectivity index (χ0) is 25.5. The Bertz CT molecular complexity index is 1270. The van der Waals surface area contributed by atoms with Gasteiger partial charge in [-0.05, 0) is 35.4 Å². The van der Waals surface area contributed by atoms with Crippen molar-refractivity contribution >= 4 is 28.7 Å². The van der Waals surface area contributed by atoms with Crippen LogP contribution in [0.3, 0.4) is 0 Å². The fraction of sp³-hybridized carbons (Fsp3) is 0.0345. The number of hydrogen-bond acceptors (Lipinski definition) is 7. The highest BCUT2D eigenvalue weighted by molar-refractivity contribution is 5.75. The second kappa shape index (κ2) is 11.0. The number of anilines is 4. The Kier molecular flexibility index (Phi) is 6.99. The first-order valence-electron chi connectivity index (χ1n) is 11.7. The third-order valence-corrected chi connectivity index (χ3v) is 5.80. The van der Waals surface area contributed by atoms with Crippen LogP contribution < -0.4 is 15.8 Å². The van der Waals surface area contributed by atoms with Crippen LogP contribution in [0.1, 0.15) is 17.2 Å². The van der Waals surface area contributed by atoms with Gasteiger partial charge in [0.1, 0.15) is 6.33 Å². The molecule has 5 rings (SSSR count). The van der Waals surface area contributed by atoms with Crippen LogP contribution in [0.15, 0.2) is 128 Å². The molecular formula is C29H24N6O2. The lowest BCUT2D eigenvalue weighted by atomic mass is 9.99. The van der Waals surface area contributed by atoms with Gasteiger partial charge in [0, 0.05) is 0 Å².